The van der Waals surface area contributed by atoms with E-state index in [1.807, 2.05) is 4.90 Å². The molecule has 0 aliphatic heterocycles. The fourth-order valence-corrected chi connectivity index (χ4v) is 2.56. The van der Waals surface area contributed by atoms with Gasteiger partial charge in [0.1, 0.15) is 0 Å². The summed E-state index contributed by atoms with van der Waals surface area (Å²) in [5, 5.41) is 0. The number of nitrogens with one attached hydrogen (secondary N) is 1. The first-order valence-electron chi connectivity index (χ1n) is 8.49. The Balaban J connectivity index is 3.88. The van der Waals surface area contributed by atoms with Crippen molar-refractivity contribution in [2.45, 2.75) is 59.3 Å². The predicted molar refractivity (Wildman–Crippen MR) is 86.7 cm³/mol. The second kappa shape index (κ2) is 10.7. The van der Waals surface area contributed by atoms with Crippen LogP contribution in [-0.2, 0) is 0 Å². The van der Waals surface area contributed by atoms with Crippen molar-refractivity contribution in [3.8, 4) is 0 Å². The van der Waals surface area contributed by atoms with Gasteiger partial charge >= 0.3 is 0 Å². The maximum Gasteiger partial charge on any atom is 0.0834 e. The molecule has 116 valence electrons. The molecule has 0 rings (SSSR count). The van der Waals surface area contributed by atoms with Gasteiger partial charge in [0.05, 0.1) is 47.3 Å². The molecule has 0 saturated heterocycles. The maximum atomic E-state index is 2.34. The van der Waals surface area contributed by atoms with E-state index in [2.05, 4.69) is 41.9 Å². The standard InChI is InChI=1S/C17H39N2/c1-7-8-9-13-18(14-10-12-17(2)3)15-11-16-19(4,5)6/h17H,7-16H2,1-6H3/q+1/p+1. The van der Waals surface area contributed by atoms with Gasteiger partial charge in [-0.15, -0.1) is 0 Å². The summed E-state index contributed by atoms with van der Waals surface area (Å²) in [6, 6.07) is 0. The first-order valence-corrected chi connectivity index (χ1v) is 8.49. The van der Waals surface area contributed by atoms with Crippen molar-refractivity contribution in [3.63, 3.8) is 0 Å². The lowest BCUT2D eigenvalue weighted by Crippen LogP contribution is -3.12. The number of unbranched alkanes of at least 4 members (excludes halogenated alkanes) is 2. The molecule has 0 spiro atoms. The van der Waals surface area contributed by atoms with Crippen molar-refractivity contribution in [2.24, 2.45) is 5.92 Å². The first kappa shape index (κ1) is 18.9. The van der Waals surface area contributed by atoms with E-state index >= 15 is 0 Å². The van der Waals surface area contributed by atoms with Crippen molar-refractivity contribution < 1.29 is 9.38 Å². The van der Waals surface area contributed by atoms with Crippen LogP contribution in [0.5, 0.6) is 0 Å². The normalized spacial score (nSPS) is 14.1. The molecule has 2 nitrogen and oxygen atoms in total. The van der Waals surface area contributed by atoms with E-state index < -0.39 is 0 Å². The predicted octanol–water partition coefficient (Wildman–Crippen LogP) is 2.59. The van der Waals surface area contributed by atoms with Crippen molar-refractivity contribution in [1.29, 1.82) is 0 Å². The largest absolute Gasteiger partial charge is 0.335 e. The Hall–Kier alpha value is -0.0800. The number of rotatable bonds is 12. The molecule has 1 N–H and O–H groups in total. The molecule has 1 atom stereocenters. The van der Waals surface area contributed by atoms with Gasteiger partial charge in [-0.3, -0.25) is 0 Å². The molecule has 0 amide bonds. The minimum absolute atomic E-state index is 0.864. The van der Waals surface area contributed by atoms with Gasteiger partial charge in [-0.25, -0.2) is 0 Å². The van der Waals surface area contributed by atoms with Crippen LogP contribution in [0.25, 0.3) is 0 Å². The van der Waals surface area contributed by atoms with Gasteiger partial charge in [0.25, 0.3) is 0 Å². The van der Waals surface area contributed by atoms with Crippen LogP contribution in [0.4, 0.5) is 0 Å². The zero-order chi connectivity index (χ0) is 14.7. The fourth-order valence-electron chi connectivity index (χ4n) is 2.56. The molecule has 0 heterocycles. The van der Waals surface area contributed by atoms with Crippen LogP contribution in [-0.4, -0.2) is 51.8 Å². The lowest BCUT2D eigenvalue weighted by atomic mass is 10.1. The average molecular weight is 273 g/mol. The average Bonchev–Trinajstić information content (AvgIpc) is 2.26. The molecular formula is C17H40N2+2. The molecular weight excluding hydrogens is 232 g/mol. The van der Waals surface area contributed by atoms with Crippen molar-refractivity contribution in [2.75, 3.05) is 47.3 Å². The molecule has 1 unspecified atom stereocenters. The van der Waals surface area contributed by atoms with Crippen LogP contribution in [0.1, 0.15) is 59.3 Å². The van der Waals surface area contributed by atoms with Gasteiger partial charge in [0.2, 0.25) is 0 Å². The summed E-state index contributed by atoms with van der Waals surface area (Å²) in [5.74, 6) is 0.864. The van der Waals surface area contributed by atoms with Gasteiger partial charge in [-0.1, -0.05) is 27.2 Å². The van der Waals surface area contributed by atoms with Crippen LogP contribution in [0, 0.1) is 5.92 Å². The maximum absolute atomic E-state index is 2.34. The summed E-state index contributed by atoms with van der Waals surface area (Å²) in [6.07, 6.45) is 8.34. The highest BCUT2D eigenvalue weighted by Gasteiger charge is 2.12. The van der Waals surface area contributed by atoms with Gasteiger partial charge in [-0.2, -0.15) is 0 Å². The van der Waals surface area contributed by atoms with Gasteiger partial charge in [0.15, 0.2) is 0 Å². The molecule has 0 saturated carbocycles. The van der Waals surface area contributed by atoms with Crippen molar-refractivity contribution >= 4 is 0 Å². The van der Waals surface area contributed by atoms with E-state index in [-0.39, 0.29) is 0 Å². The smallest absolute Gasteiger partial charge is 0.0834 e. The van der Waals surface area contributed by atoms with Crippen molar-refractivity contribution in [1.82, 2.24) is 0 Å². The van der Waals surface area contributed by atoms with Gasteiger partial charge in [0, 0.05) is 6.42 Å². The minimum Gasteiger partial charge on any atom is -0.335 e. The van der Waals surface area contributed by atoms with Crippen molar-refractivity contribution in [3.05, 3.63) is 0 Å². The second-order valence-electron chi connectivity index (χ2n) is 7.61. The number of quaternary nitrogens is 2. The van der Waals surface area contributed by atoms with E-state index in [0.717, 1.165) is 10.4 Å². The monoisotopic (exact) mass is 272 g/mol. The van der Waals surface area contributed by atoms with Crippen LogP contribution in [0.2, 0.25) is 0 Å². The molecule has 0 aliphatic rings. The third-order valence-corrected chi connectivity index (χ3v) is 3.80. The van der Waals surface area contributed by atoms with E-state index in [1.165, 1.54) is 64.7 Å². The summed E-state index contributed by atoms with van der Waals surface area (Å²) in [5.41, 5.74) is 0. The number of nitrogens with zero attached hydrogens (tertiary/aromatic N) is 1. The van der Waals surface area contributed by atoms with E-state index in [0.29, 0.717) is 0 Å². The quantitative estimate of drug-likeness (QED) is 0.411. The molecule has 0 aliphatic carbocycles. The summed E-state index contributed by atoms with van der Waals surface area (Å²) in [7, 11) is 6.90. The summed E-state index contributed by atoms with van der Waals surface area (Å²) in [4.78, 5) is 1.85. The number of hydrogen-bond acceptors (Lipinski definition) is 0. The highest BCUT2D eigenvalue weighted by Crippen LogP contribution is 2.01. The Morgan fingerprint density at radius 1 is 0.842 bits per heavy atom. The highest BCUT2D eigenvalue weighted by atomic mass is 15.3. The second-order valence-corrected chi connectivity index (χ2v) is 7.61. The Morgan fingerprint density at radius 3 is 1.95 bits per heavy atom. The molecule has 0 aromatic rings. The zero-order valence-corrected chi connectivity index (χ0v) is 14.6. The van der Waals surface area contributed by atoms with Crippen LogP contribution in [0.15, 0.2) is 0 Å². The molecule has 2 heteroatoms. The first-order chi connectivity index (χ1) is 8.85. The lowest BCUT2D eigenvalue weighted by Gasteiger charge is -2.25. The Bertz CT molecular complexity index is 194. The fraction of sp³-hybridized carbons (Fsp3) is 1.00. The number of hydrogen-bond donors (Lipinski definition) is 1. The zero-order valence-electron chi connectivity index (χ0n) is 14.6. The molecule has 0 radical (unpaired) electrons. The summed E-state index contributed by atoms with van der Waals surface area (Å²) in [6.45, 7) is 12.4. The summed E-state index contributed by atoms with van der Waals surface area (Å²) >= 11 is 0. The van der Waals surface area contributed by atoms with E-state index in [4.69, 9.17) is 0 Å². The Morgan fingerprint density at radius 2 is 1.42 bits per heavy atom. The Labute approximate surface area is 122 Å². The SMILES string of the molecule is CCCCC[NH+](CCCC(C)C)CCC[N+](C)(C)C. The van der Waals surface area contributed by atoms with E-state index in [9.17, 15) is 0 Å². The van der Waals surface area contributed by atoms with Gasteiger partial charge < -0.3 is 9.38 Å². The lowest BCUT2D eigenvalue weighted by molar-refractivity contribution is -0.910. The molecule has 0 fully saturated rings. The third kappa shape index (κ3) is 14.1. The topological polar surface area (TPSA) is 4.44 Å². The third-order valence-electron chi connectivity index (χ3n) is 3.80. The Kier molecular flexibility index (Phi) is 10.6. The summed E-state index contributed by atoms with van der Waals surface area (Å²) < 4.78 is 1.11. The van der Waals surface area contributed by atoms with E-state index in [1.54, 1.807) is 0 Å². The minimum atomic E-state index is 0.864. The molecule has 0 aromatic heterocycles. The van der Waals surface area contributed by atoms with Crippen LogP contribution >= 0.6 is 0 Å². The van der Waals surface area contributed by atoms with Crippen LogP contribution in [0.3, 0.4) is 0 Å². The molecule has 0 bridgehead atoms. The van der Waals surface area contributed by atoms with Gasteiger partial charge in [-0.05, 0) is 31.6 Å². The van der Waals surface area contributed by atoms with Crippen LogP contribution < -0.4 is 4.90 Å². The molecule has 19 heavy (non-hydrogen) atoms. The highest BCUT2D eigenvalue weighted by molar-refractivity contribution is 4.45. The molecule has 0 aromatic carbocycles.